The number of hydrogen-bond donors (Lipinski definition) is 2. The minimum atomic E-state index is -0.741. The lowest BCUT2D eigenvalue weighted by Gasteiger charge is -2.11. The maximum Gasteiger partial charge on any atom is 0.252 e. The van der Waals surface area contributed by atoms with Crippen molar-refractivity contribution >= 4 is 11.8 Å². The monoisotopic (exact) mass is 299 g/mol. The normalized spacial score (nSPS) is 11.5. The zero-order valence-corrected chi connectivity index (χ0v) is 12.2. The van der Waals surface area contributed by atoms with Crippen molar-refractivity contribution < 1.29 is 14.3 Å². The van der Waals surface area contributed by atoms with Crippen LogP contribution in [0.15, 0.2) is 48.7 Å². The summed E-state index contributed by atoms with van der Waals surface area (Å²) in [4.78, 5) is 27.0. The van der Waals surface area contributed by atoms with Crippen LogP contribution >= 0.6 is 0 Å². The average Bonchev–Trinajstić information content (AvgIpc) is 2.54. The first-order chi connectivity index (χ1) is 10.6. The van der Waals surface area contributed by atoms with Gasteiger partial charge in [0.1, 0.15) is 12.6 Å². The van der Waals surface area contributed by atoms with Crippen molar-refractivity contribution in [2.45, 2.75) is 19.6 Å². The van der Waals surface area contributed by atoms with Crippen LogP contribution in [0.25, 0.3) is 0 Å². The summed E-state index contributed by atoms with van der Waals surface area (Å²) in [5.41, 5.74) is 6.47. The van der Waals surface area contributed by atoms with Crippen molar-refractivity contribution in [1.82, 2.24) is 10.3 Å². The standard InChI is InChI=1S/C16H17N3O3/c1-11(15(17)20)19-16(21)13-7-8-18-14(9-13)22-10-12-5-3-2-4-6-12/h2-9,11H,10H2,1H3,(H2,17,20)(H,19,21). The molecule has 22 heavy (non-hydrogen) atoms. The molecule has 1 atom stereocenters. The van der Waals surface area contributed by atoms with E-state index in [-0.39, 0.29) is 0 Å². The van der Waals surface area contributed by atoms with E-state index < -0.39 is 17.9 Å². The van der Waals surface area contributed by atoms with Gasteiger partial charge in [0.05, 0.1) is 0 Å². The first-order valence-electron chi connectivity index (χ1n) is 6.79. The fourth-order valence-corrected chi connectivity index (χ4v) is 1.71. The molecule has 2 aromatic rings. The highest BCUT2D eigenvalue weighted by atomic mass is 16.5. The van der Waals surface area contributed by atoms with Gasteiger partial charge in [-0.3, -0.25) is 9.59 Å². The van der Waals surface area contributed by atoms with E-state index >= 15 is 0 Å². The molecule has 0 radical (unpaired) electrons. The Hall–Kier alpha value is -2.89. The Balaban J connectivity index is 2.00. The number of nitrogens with one attached hydrogen (secondary N) is 1. The van der Waals surface area contributed by atoms with Gasteiger partial charge in [-0.15, -0.1) is 0 Å². The van der Waals surface area contributed by atoms with Crippen molar-refractivity contribution in [3.8, 4) is 5.88 Å². The molecule has 0 aliphatic carbocycles. The second kappa shape index (κ2) is 7.21. The number of amides is 2. The third kappa shape index (κ3) is 4.31. The van der Waals surface area contributed by atoms with E-state index in [2.05, 4.69) is 10.3 Å². The molecule has 0 fully saturated rings. The number of nitrogens with two attached hydrogens (primary N) is 1. The smallest absolute Gasteiger partial charge is 0.252 e. The molecular weight excluding hydrogens is 282 g/mol. The van der Waals surface area contributed by atoms with E-state index in [1.54, 1.807) is 6.07 Å². The molecule has 2 rings (SSSR count). The quantitative estimate of drug-likeness (QED) is 0.839. The molecule has 6 heteroatoms. The van der Waals surface area contributed by atoms with Crippen LogP contribution in [0.4, 0.5) is 0 Å². The Morgan fingerprint density at radius 2 is 2.00 bits per heavy atom. The lowest BCUT2D eigenvalue weighted by atomic mass is 10.2. The number of nitrogens with zero attached hydrogens (tertiary/aromatic N) is 1. The number of pyridine rings is 1. The number of aromatic nitrogens is 1. The topological polar surface area (TPSA) is 94.3 Å². The summed E-state index contributed by atoms with van der Waals surface area (Å²) in [6.07, 6.45) is 1.48. The molecule has 0 saturated heterocycles. The Labute approximate surface area is 128 Å². The molecule has 3 N–H and O–H groups in total. The first-order valence-corrected chi connectivity index (χ1v) is 6.79. The number of carbonyl (C=O) groups is 2. The molecule has 1 aromatic carbocycles. The SMILES string of the molecule is CC(NC(=O)c1ccnc(OCc2ccccc2)c1)C(N)=O. The zero-order valence-electron chi connectivity index (χ0n) is 12.2. The van der Waals surface area contributed by atoms with Crippen molar-refractivity contribution in [1.29, 1.82) is 0 Å². The van der Waals surface area contributed by atoms with Gasteiger partial charge in [0.2, 0.25) is 11.8 Å². The molecule has 1 unspecified atom stereocenters. The average molecular weight is 299 g/mol. The minimum Gasteiger partial charge on any atom is -0.473 e. The van der Waals surface area contributed by atoms with E-state index in [9.17, 15) is 9.59 Å². The van der Waals surface area contributed by atoms with Gasteiger partial charge in [0.15, 0.2) is 0 Å². The van der Waals surface area contributed by atoms with Gasteiger partial charge in [0, 0.05) is 17.8 Å². The predicted molar refractivity (Wildman–Crippen MR) is 81.1 cm³/mol. The van der Waals surface area contributed by atoms with Crippen LogP contribution in [0, 0.1) is 0 Å². The third-order valence-corrected chi connectivity index (χ3v) is 3.00. The van der Waals surface area contributed by atoms with Crippen LogP contribution in [0.1, 0.15) is 22.8 Å². The molecule has 1 heterocycles. The maximum atomic E-state index is 12.0. The Morgan fingerprint density at radius 3 is 2.68 bits per heavy atom. The van der Waals surface area contributed by atoms with Gasteiger partial charge < -0.3 is 15.8 Å². The summed E-state index contributed by atoms with van der Waals surface area (Å²) in [6.45, 7) is 1.88. The van der Waals surface area contributed by atoms with E-state index in [1.807, 2.05) is 30.3 Å². The van der Waals surface area contributed by atoms with Gasteiger partial charge in [-0.1, -0.05) is 30.3 Å². The Kier molecular flexibility index (Phi) is 5.08. The molecule has 1 aromatic heterocycles. The largest absolute Gasteiger partial charge is 0.473 e. The fourth-order valence-electron chi connectivity index (χ4n) is 1.71. The van der Waals surface area contributed by atoms with Gasteiger partial charge >= 0.3 is 0 Å². The molecule has 2 amide bonds. The van der Waals surface area contributed by atoms with E-state index in [4.69, 9.17) is 10.5 Å². The lowest BCUT2D eigenvalue weighted by molar-refractivity contribution is -0.119. The van der Waals surface area contributed by atoms with Crippen LogP contribution < -0.4 is 15.8 Å². The summed E-state index contributed by atoms with van der Waals surface area (Å²) in [5.74, 6) is -0.663. The van der Waals surface area contributed by atoms with Crippen LogP contribution in [-0.4, -0.2) is 22.8 Å². The van der Waals surface area contributed by atoms with Crippen LogP contribution in [-0.2, 0) is 11.4 Å². The molecular formula is C16H17N3O3. The van der Waals surface area contributed by atoms with Crippen molar-refractivity contribution in [3.63, 3.8) is 0 Å². The van der Waals surface area contributed by atoms with Crippen molar-refractivity contribution in [2.24, 2.45) is 5.73 Å². The fraction of sp³-hybridized carbons (Fsp3) is 0.188. The van der Waals surface area contributed by atoms with E-state index in [1.165, 1.54) is 19.2 Å². The summed E-state index contributed by atoms with van der Waals surface area (Å²) < 4.78 is 5.55. The molecule has 0 bridgehead atoms. The second-order valence-electron chi connectivity index (χ2n) is 4.75. The van der Waals surface area contributed by atoms with Crippen molar-refractivity contribution in [3.05, 3.63) is 59.8 Å². The van der Waals surface area contributed by atoms with Gasteiger partial charge in [-0.05, 0) is 18.6 Å². The minimum absolute atomic E-state index is 0.336. The Morgan fingerprint density at radius 1 is 1.27 bits per heavy atom. The molecule has 114 valence electrons. The summed E-state index contributed by atoms with van der Waals surface area (Å²) in [7, 11) is 0. The summed E-state index contributed by atoms with van der Waals surface area (Å²) >= 11 is 0. The van der Waals surface area contributed by atoms with Crippen molar-refractivity contribution in [2.75, 3.05) is 0 Å². The summed E-state index contributed by atoms with van der Waals surface area (Å²) in [5, 5.41) is 2.50. The molecule has 0 aliphatic rings. The number of hydrogen-bond acceptors (Lipinski definition) is 4. The zero-order chi connectivity index (χ0) is 15.9. The van der Waals surface area contributed by atoms with E-state index in [0.717, 1.165) is 5.56 Å². The van der Waals surface area contributed by atoms with Gasteiger partial charge in [-0.2, -0.15) is 0 Å². The number of rotatable bonds is 6. The first kappa shape index (κ1) is 15.5. The predicted octanol–water partition coefficient (Wildman–Crippen LogP) is 1.26. The van der Waals surface area contributed by atoms with Crippen LogP contribution in [0.3, 0.4) is 0 Å². The highest BCUT2D eigenvalue weighted by molar-refractivity contribution is 5.97. The number of primary amides is 1. The van der Waals surface area contributed by atoms with Gasteiger partial charge in [0.25, 0.3) is 5.91 Å². The molecule has 0 aliphatic heterocycles. The number of benzene rings is 1. The number of ether oxygens (including phenoxy) is 1. The molecule has 0 spiro atoms. The highest BCUT2D eigenvalue weighted by Crippen LogP contribution is 2.12. The molecule has 0 saturated carbocycles. The second-order valence-corrected chi connectivity index (χ2v) is 4.75. The molecule has 6 nitrogen and oxygen atoms in total. The maximum absolute atomic E-state index is 12.0. The summed E-state index contributed by atoms with van der Waals surface area (Å²) in [6, 6.07) is 11.9. The van der Waals surface area contributed by atoms with Crippen LogP contribution in [0.2, 0.25) is 0 Å². The Bertz CT molecular complexity index is 659. The van der Waals surface area contributed by atoms with E-state index in [0.29, 0.717) is 18.1 Å². The van der Waals surface area contributed by atoms with Crippen LogP contribution in [0.5, 0.6) is 5.88 Å². The lowest BCUT2D eigenvalue weighted by Crippen LogP contribution is -2.42. The third-order valence-electron chi connectivity index (χ3n) is 3.00. The number of carbonyl (C=O) groups excluding carboxylic acids is 2. The van der Waals surface area contributed by atoms with Gasteiger partial charge in [-0.25, -0.2) is 4.98 Å². The highest BCUT2D eigenvalue weighted by Gasteiger charge is 2.14.